The van der Waals surface area contributed by atoms with Gasteiger partial charge in [-0.3, -0.25) is 4.79 Å². The van der Waals surface area contributed by atoms with Gasteiger partial charge >= 0.3 is 5.97 Å². The van der Waals surface area contributed by atoms with Crippen molar-refractivity contribution in [2.75, 3.05) is 6.61 Å². The minimum absolute atomic E-state index is 0.155. The molecule has 1 saturated carbocycles. The van der Waals surface area contributed by atoms with Crippen molar-refractivity contribution in [3.63, 3.8) is 0 Å². The fourth-order valence-corrected chi connectivity index (χ4v) is 2.35. The van der Waals surface area contributed by atoms with Gasteiger partial charge in [-0.15, -0.1) is 0 Å². The van der Waals surface area contributed by atoms with Crippen LogP contribution in [0.5, 0.6) is 0 Å². The lowest BCUT2D eigenvalue weighted by atomic mass is 9.68. The predicted octanol–water partition coefficient (Wildman–Crippen LogP) is 3.01. The first kappa shape index (κ1) is 11.5. The molecule has 1 aliphatic rings. The van der Waals surface area contributed by atoms with Gasteiger partial charge in [-0.2, -0.15) is 0 Å². The van der Waals surface area contributed by atoms with E-state index < -0.39 is 0 Å². The zero-order valence-electron chi connectivity index (χ0n) is 9.80. The molecule has 0 bridgehead atoms. The van der Waals surface area contributed by atoms with Crippen LogP contribution in [-0.4, -0.2) is 12.6 Å². The molecular weight excluding hydrogens is 176 g/mol. The number of carbonyl (C=O) groups excluding carboxylic acids is 1. The molecule has 82 valence electrons. The molecule has 0 radical (unpaired) electrons. The molecule has 14 heavy (non-hydrogen) atoms. The second kappa shape index (κ2) is 4.33. The average Bonchev–Trinajstić information content (AvgIpc) is 2.09. The van der Waals surface area contributed by atoms with E-state index in [0.717, 1.165) is 11.8 Å². The molecule has 0 spiro atoms. The fourth-order valence-electron chi connectivity index (χ4n) is 2.35. The zero-order chi connectivity index (χ0) is 10.8. The van der Waals surface area contributed by atoms with E-state index >= 15 is 0 Å². The van der Waals surface area contributed by atoms with Crippen LogP contribution >= 0.6 is 0 Å². The van der Waals surface area contributed by atoms with Crippen molar-refractivity contribution in [2.24, 2.45) is 17.3 Å². The van der Waals surface area contributed by atoms with Crippen LogP contribution in [0.15, 0.2) is 0 Å². The third-order valence-electron chi connectivity index (χ3n) is 3.61. The predicted molar refractivity (Wildman–Crippen MR) is 56.9 cm³/mol. The fraction of sp³-hybridized carbons (Fsp3) is 0.917. The molecule has 1 fully saturated rings. The van der Waals surface area contributed by atoms with Crippen LogP contribution in [0, 0.1) is 17.3 Å². The molecule has 0 aromatic heterocycles. The standard InChI is InChI=1S/C12H22O2/c1-9-5-6-12(4,7-10(9)2)8-14-11(3)13/h9-10H,5-8H2,1-4H3/t9?,10-,12+/m0/s1. The normalized spacial score (nSPS) is 38.0. The monoisotopic (exact) mass is 198 g/mol. The van der Waals surface area contributed by atoms with Gasteiger partial charge in [0, 0.05) is 12.3 Å². The Morgan fingerprint density at radius 1 is 1.43 bits per heavy atom. The third-order valence-corrected chi connectivity index (χ3v) is 3.61. The molecule has 1 aliphatic carbocycles. The molecule has 1 unspecified atom stereocenters. The van der Waals surface area contributed by atoms with Crippen LogP contribution in [0.4, 0.5) is 0 Å². The van der Waals surface area contributed by atoms with Crippen LogP contribution < -0.4 is 0 Å². The lowest BCUT2D eigenvalue weighted by Gasteiger charge is -2.39. The highest BCUT2D eigenvalue weighted by Crippen LogP contribution is 2.41. The van der Waals surface area contributed by atoms with Crippen LogP contribution in [0.2, 0.25) is 0 Å². The quantitative estimate of drug-likeness (QED) is 0.637. The van der Waals surface area contributed by atoms with E-state index in [9.17, 15) is 4.79 Å². The Morgan fingerprint density at radius 3 is 2.57 bits per heavy atom. The molecule has 0 heterocycles. The average molecular weight is 198 g/mol. The van der Waals surface area contributed by atoms with E-state index in [1.807, 2.05) is 0 Å². The van der Waals surface area contributed by atoms with Gasteiger partial charge in [0.15, 0.2) is 0 Å². The molecule has 0 aromatic carbocycles. The topological polar surface area (TPSA) is 26.3 Å². The molecule has 0 N–H and O–H groups in total. The van der Waals surface area contributed by atoms with Gasteiger partial charge in [0.2, 0.25) is 0 Å². The van der Waals surface area contributed by atoms with Crippen LogP contribution in [0.3, 0.4) is 0 Å². The van der Waals surface area contributed by atoms with Gasteiger partial charge in [-0.05, 0) is 31.1 Å². The Balaban J connectivity index is 2.45. The second-order valence-electron chi connectivity index (χ2n) is 5.29. The van der Waals surface area contributed by atoms with Gasteiger partial charge in [0.25, 0.3) is 0 Å². The van der Waals surface area contributed by atoms with Gasteiger partial charge in [0.05, 0.1) is 6.61 Å². The van der Waals surface area contributed by atoms with E-state index in [2.05, 4.69) is 20.8 Å². The second-order valence-corrected chi connectivity index (χ2v) is 5.29. The highest BCUT2D eigenvalue weighted by molar-refractivity contribution is 5.65. The SMILES string of the molecule is CC(=O)OC[C@]1(C)CCC(C)[C@@H](C)C1. The summed E-state index contributed by atoms with van der Waals surface area (Å²) in [6.45, 7) is 8.93. The summed E-state index contributed by atoms with van der Waals surface area (Å²) in [6, 6.07) is 0. The maximum Gasteiger partial charge on any atom is 0.302 e. The Kier molecular flexibility index (Phi) is 3.57. The number of esters is 1. The number of carbonyl (C=O) groups is 1. The lowest BCUT2D eigenvalue weighted by Crippen LogP contribution is -2.33. The van der Waals surface area contributed by atoms with E-state index in [1.54, 1.807) is 0 Å². The van der Waals surface area contributed by atoms with E-state index in [0.29, 0.717) is 6.61 Å². The molecule has 0 saturated heterocycles. The van der Waals surface area contributed by atoms with Crippen molar-refractivity contribution >= 4 is 5.97 Å². The molecule has 3 atom stereocenters. The lowest BCUT2D eigenvalue weighted by molar-refractivity contribution is -0.145. The van der Waals surface area contributed by atoms with E-state index in [1.165, 1.54) is 26.2 Å². The first-order valence-corrected chi connectivity index (χ1v) is 5.56. The van der Waals surface area contributed by atoms with Crippen molar-refractivity contribution in [2.45, 2.75) is 47.0 Å². The summed E-state index contributed by atoms with van der Waals surface area (Å²) >= 11 is 0. The summed E-state index contributed by atoms with van der Waals surface area (Å²) in [7, 11) is 0. The summed E-state index contributed by atoms with van der Waals surface area (Å²) in [6.07, 6.45) is 3.63. The molecule has 0 aromatic rings. The first-order chi connectivity index (χ1) is 6.43. The largest absolute Gasteiger partial charge is 0.465 e. The van der Waals surface area contributed by atoms with Gasteiger partial charge in [-0.1, -0.05) is 20.8 Å². The van der Waals surface area contributed by atoms with Crippen molar-refractivity contribution in [1.29, 1.82) is 0 Å². The molecule has 0 amide bonds. The minimum Gasteiger partial charge on any atom is -0.465 e. The Morgan fingerprint density at radius 2 is 2.07 bits per heavy atom. The van der Waals surface area contributed by atoms with Crippen molar-refractivity contribution in [3.05, 3.63) is 0 Å². The first-order valence-electron chi connectivity index (χ1n) is 5.56. The number of ether oxygens (including phenoxy) is 1. The zero-order valence-corrected chi connectivity index (χ0v) is 9.80. The molecule has 2 heteroatoms. The highest BCUT2D eigenvalue weighted by atomic mass is 16.5. The highest BCUT2D eigenvalue weighted by Gasteiger charge is 2.34. The molecule has 1 rings (SSSR count). The van der Waals surface area contributed by atoms with Gasteiger partial charge < -0.3 is 4.74 Å². The maximum absolute atomic E-state index is 10.8. The summed E-state index contributed by atoms with van der Waals surface area (Å²) in [5.74, 6) is 1.42. The van der Waals surface area contributed by atoms with Crippen molar-refractivity contribution in [1.82, 2.24) is 0 Å². The molecule has 0 aliphatic heterocycles. The summed E-state index contributed by atoms with van der Waals surface area (Å²) < 4.78 is 5.13. The number of hydrogen-bond acceptors (Lipinski definition) is 2. The summed E-state index contributed by atoms with van der Waals surface area (Å²) in [4.78, 5) is 10.8. The van der Waals surface area contributed by atoms with Crippen LogP contribution in [-0.2, 0) is 9.53 Å². The Labute approximate surface area is 87.0 Å². The maximum atomic E-state index is 10.8. The number of rotatable bonds is 2. The van der Waals surface area contributed by atoms with Crippen molar-refractivity contribution in [3.8, 4) is 0 Å². The van der Waals surface area contributed by atoms with E-state index in [-0.39, 0.29) is 11.4 Å². The summed E-state index contributed by atoms with van der Waals surface area (Å²) in [5.41, 5.74) is 0.220. The van der Waals surface area contributed by atoms with Gasteiger partial charge in [0.1, 0.15) is 0 Å². The van der Waals surface area contributed by atoms with Crippen LogP contribution in [0.25, 0.3) is 0 Å². The molecule has 2 nitrogen and oxygen atoms in total. The van der Waals surface area contributed by atoms with Crippen LogP contribution in [0.1, 0.15) is 47.0 Å². The van der Waals surface area contributed by atoms with Gasteiger partial charge in [-0.25, -0.2) is 0 Å². The minimum atomic E-state index is -0.155. The smallest absolute Gasteiger partial charge is 0.302 e. The summed E-state index contributed by atoms with van der Waals surface area (Å²) in [5, 5.41) is 0. The third kappa shape index (κ3) is 3.00. The number of hydrogen-bond donors (Lipinski definition) is 0. The Bertz CT molecular complexity index is 212. The molecular formula is C12H22O2. The van der Waals surface area contributed by atoms with Crippen molar-refractivity contribution < 1.29 is 9.53 Å². The Hall–Kier alpha value is -0.530. The van der Waals surface area contributed by atoms with E-state index in [4.69, 9.17) is 4.74 Å².